The van der Waals surface area contributed by atoms with Crippen molar-refractivity contribution in [3.63, 3.8) is 0 Å². The average Bonchev–Trinajstić information content (AvgIpc) is 2.98. The molecule has 0 spiro atoms. The lowest BCUT2D eigenvalue weighted by molar-refractivity contribution is -0.141. The molecule has 0 saturated heterocycles. The second-order valence-corrected chi connectivity index (χ2v) is 4.52. The number of carbonyl (C=O) groups is 1. The predicted octanol–water partition coefficient (Wildman–Crippen LogP) is 1.38. The first kappa shape index (κ1) is 11.3. The maximum absolute atomic E-state index is 11.5. The molecular formula is C10H15N3O2S. The SMILES string of the molecule is CCOC(=O)CN(c1nc(C)ns1)C1CC1. The predicted molar refractivity (Wildman–Crippen MR) is 61.6 cm³/mol. The summed E-state index contributed by atoms with van der Waals surface area (Å²) >= 11 is 1.34. The highest BCUT2D eigenvalue weighted by atomic mass is 32.1. The minimum absolute atomic E-state index is 0.192. The van der Waals surface area contributed by atoms with E-state index in [-0.39, 0.29) is 12.5 Å². The second-order valence-electron chi connectivity index (χ2n) is 3.79. The zero-order chi connectivity index (χ0) is 11.5. The lowest BCUT2D eigenvalue weighted by atomic mass is 10.5. The molecule has 1 aliphatic carbocycles. The van der Waals surface area contributed by atoms with Crippen LogP contribution >= 0.6 is 11.5 Å². The van der Waals surface area contributed by atoms with Gasteiger partial charge in [-0.2, -0.15) is 4.37 Å². The molecule has 0 unspecified atom stereocenters. The number of aryl methyl sites for hydroxylation is 1. The molecule has 0 N–H and O–H groups in total. The first-order valence-corrected chi connectivity index (χ1v) is 6.20. The molecule has 0 amide bonds. The lowest BCUT2D eigenvalue weighted by Gasteiger charge is -2.19. The zero-order valence-electron chi connectivity index (χ0n) is 9.47. The number of hydrogen-bond acceptors (Lipinski definition) is 6. The van der Waals surface area contributed by atoms with E-state index in [9.17, 15) is 4.79 Å². The Morgan fingerprint density at radius 1 is 1.62 bits per heavy atom. The van der Waals surface area contributed by atoms with Crippen LogP contribution in [0, 0.1) is 6.92 Å². The van der Waals surface area contributed by atoms with Gasteiger partial charge in [0.15, 0.2) is 0 Å². The van der Waals surface area contributed by atoms with Crippen LogP contribution in [0.3, 0.4) is 0 Å². The number of nitrogens with zero attached hydrogens (tertiary/aromatic N) is 3. The van der Waals surface area contributed by atoms with E-state index in [1.807, 2.05) is 18.7 Å². The standard InChI is InChI=1S/C10H15N3O2S/c1-3-15-9(14)6-13(8-4-5-8)10-11-7(2)12-16-10/h8H,3-6H2,1-2H3. The Labute approximate surface area is 98.6 Å². The van der Waals surface area contributed by atoms with E-state index in [0.29, 0.717) is 12.6 Å². The molecular weight excluding hydrogens is 226 g/mol. The zero-order valence-corrected chi connectivity index (χ0v) is 10.3. The fraction of sp³-hybridized carbons (Fsp3) is 0.700. The minimum atomic E-state index is -0.192. The summed E-state index contributed by atoms with van der Waals surface area (Å²) in [7, 11) is 0. The van der Waals surface area contributed by atoms with Gasteiger partial charge in [0.05, 0.1) is 6.61 Å². The van der Waals surface area contributed by atoms with Crippen LogP contribution in [-0.4, -0.2) is 34.5 Å². The van der Waals surface area contributed by atoms with E-state index in [0.717, 1.165) is 23.8 Å². The van der Waals surface area contributed by atoms with Gasteiger partial charge in [-0.05, 0) is 26.7 Å². The van der Waals surface area contributed by atoms with E-state index in [2.05, 4.69) is 9.36 Å². The highest BCUT2D eigenvalue weighted by Gasteiger charge is 2.32. The van der Waals surface area contributed by atoms with Gasteiger partial charge in [-0.15, -0.1) is 0 Å². The normalized spacial score (nSPS) is 14.9. The smallest absolute Gasteiger partial charge is 0.325 e. The molecule has 0 radical (unpaired) electrons. The van der Waals surface area contributed by atoms with Crippen LogP contribution in [0.1, 0.15) is 25.6 Å². The van der Waals surface area contributed by atoms with E-state index in [1.54, 1.807) is 0 Å². The fourth-order valence-corrected chi connectivity index (χ4v) is 2.23. The van der Waals surface area contributed by atoms with Crippen LogP contribution < -0.4 is 4.90 Å². The molecule has 5 nitrogen and oxygen atoms in total. The average molecular weight is 241 g/mol. The molecule has 0 bridgehead atoms. The molecule has 1 fully saturated rings. The number of ether oxygens (including phenoxy) is 1. The molecule has 0 atom stereocenters. The third-order valence-corrected chi connectivity index (χ3v) is 3.20. The molecule has 1 aromatic rings. The third-order valence-electron chi connectivity index (χ3n) is 2.35. The molecule has 88 valence electrons. The summed E-state index contributed by atoms with van der Waals surface area (Å²) in [6.07, 6.45) is 2.25. The topological polar surface area (TPSA) is 55.3 Å². The fourth-order valence-electron chi connectivity index (χ4n) is 1.49. The van der Waals surface area contributed by atoms with Crippen molar-refractivity contribution in [1.29, 1.82) is 0 Å². The number of rotatable bonds is 5. The Bertz CT molecular complexity index is 376. The van der Waals surface area contributed by atoms with E-state index < -0.39 is 0 Å². The Kier molecular flexibility index (Phi) is 3.38. The van der Waals surface area contributed by atoms with Crippen molar-refractivity contribution < 1.29 is 9.53 Å². The van der Waals surface area contributed by atoms with Gasteiger partial charge in [0.1, 0.15) is 12.4 Å². The van der Waals surface area contributed by atoms with Crippen molar-refractivity contribution in [2.45, 2.75) is 32.7 Å². The quantitative estimate of drug-likeness (QED) is 0.729. The summed E-state index contributed by atoms with van der Waals surface area (Å²) in [5.74, 6) is 0.566. The first-order chi connectivity index (χ1) is 7.70. The van der Waals surface area contributed by atoms with Crippen LogP contribution in [0.25, 0.3) is 0 Å². The van der Waals surface area contributed by atoms with Crippen LogP contribution in [0.2, 0.25) is 0 Å². The van der Waals surface area contributed by atoms with Gasteiger partial charge in [0.2, 0.25) is 5.13 Å². The van der Waals surface area contributed by atoms with Gasteiger partial charge in [0, 0.05) is 17.6 Å². The van der Waals surface area contributed by atoms with Gasteiger partial charge in [-0.1, -0.05) is 0 Å². The van der Waals surface area contributed by atoms with Gasteiger partial charge in [-0.25, -0.2) is 4.98 Å². The summed E-state index contributed by atoms with van der Waals surface area (Å²) in [6.45, 7) is 4.38. The Morgan fingerprint density at radius 2 is 2.38 bits per heavy atom. The minimum Gasteiger partial charge on any atom is -0.465 e. The third kappa shape index (κ3) is 2.69. The summed E-state index contributed by atoms with van der Waals surface area (Å²) in [4.78, 5) is 17.8. The van der Waals surface area contributed by atoms with Gasteiger partial charge >= 0.3 is 5.97 Å². The summed E-state index contributed by atoms with van der Waals surface area (Å²) in [6, 6.07) is 0.441. The van der Waals surface area contributed by atoms with Crippen molar-refractivity contribution in [2.75, 3.05) is 18.1 Å². The number of hydrogen-bond donors (Lipinski definition) is 0. The van der Waals surface area contributed by atoms with Gasteiger partial charge < -0.3 is 9.64 Å². The Morgan fingerprint density at radius 3 is 2.88 bits per heavy atom. The summed E-state index contributed by atoms with van der Waals surface area (Å²) < 4.78 is 9.09. The summed E-state index contributed by atoms with van der Waals surface area (Å²) in [5, 5.41) is 0.827. The molecule has 0 aliphatic heterocycles. The van der Waals surface area contributed by atoms with Crippen molar-refractivity contribution in [3.05, 3.63) is 5.82 Å². The van der Waals surface area contributed by atoms with Crippen LogP contribution in [0.4, 0.5) is 5.13 Å². The monoisotopic (exact) mass is 241 g/mol. The highest BCUT2D eigenvalue weighted by molar-refractivity contribution is 7.09. The molecule has 1 aliphatic rings. The van der Waals surface area contributed by atoms with Gasteiger partial charge in [-0.3, -0.25) is 4.79 Å². The molecule has 16 heavy (non-hydrogen) atoms. The van der Waals surface area contributed by atoms with Crippen molar-refractivity contribution in [3.8, 4) is 0 Å². The van der Waals surface area contributed by atoms with E-state index in [4.69, 9.17) is 4.74 Å². The first-order valence-electron chi connectivity index (χ1n) is 5.43. The van der Waals surface area contributed by atoms with Crippen LogP contribution in [0.5, 0.6) is 0 Å². The highest BCUT2D eigenvalue weighted by Crippen LogP contribution is 2.32. The van der Waals surface area contributed by atoms with Crippen molar-refractivity contribution in [2.24, 2.45) is 0 Å². The maximum Gasteiger partial charge on any atom is 0.325 e. The molecule has 6 heteroatoms. The van der Waals surface area contributed by atoms with E-state index in [1.165, 1.54) is 11.5 Å². The van der Waals surface area contributed by atoms with Gasteiger partial charge in [0.25, 0.3) is 0 Å². The van der Waals surface area contributed by atoms with Crippen molar-refractivity contribution in [1.82, 2.24) is 9.36 Å². The van der Waals surface area contributed by atoms with E-state index >= 15 is 0 Å². The molecule has 1 heterocycles. The van der Waals surface area contributed by atoms with Crippen LogP contribution in [-0.2, 0) is 9.53 Å². The van der Waals surface area contributed by atoms with Crippen LogP contribution in [0.15, 0.2) is 0 Å². The largest absolute Gasteiger partial charge is 0.465 e. The molecule has 2 rings (SSSR count). The lowest BCUT2D eigenvalue weighted by Crippen LogP contribution is -2.32. The Hall–Kier alpha value is -1.17. The second kappa shape index (κ2) is 4.78. The molecule has 1 aromatic heterocycles. The number of esters is 1. The van der Waals surface area contributed by atoms with Crippen molar-refractivity contribution >= 4 is 22.6 Å². The molecule has 0 aromatic carbocycles. The maximum atomic E-state index is 11.5. The number of aromatic nitrogens is 2. The number of anilines is 1. The number of carbonyl (C=O) groups excluding carboxylic acids is 1. The molecule has 1 saturated carbocycles. The Balaban J connectivity index is 2.03. The summed E-state index contributed by atoms with van der Waals surface area (Å²) in [5.41, 5.74) is 0.